The van der Waals surface area contributed by atoms with Crippen molar-refractivity contribution in [2.75, 3.05) is 0 Å². The minimum absolute atomic E-state index is 0.626. The van der Waals surface area contributed by atoms with Gasteiger partial charge in [-0.2, -0.15) is 5.10 Å². The van der Waals surface area contributed by atoms with E-state index in [0.717, 1.165) is 15.7 Å². The molecule has 1 N–H and O–H groups in total. The zero-order chi connectivity index (χ0) is 13.6. The monoisotopic (exact) mass is 320 g/mol. The van der Waals surface area contributed by atoms with Crippen LogP contribution in [0, 0.1) is 6.92 Å². The van der Waals surface area contributed by atoms with Crippen molar-refractivity contribution in [3.8, 4) is 5.69 Å². The van der Waals surface area contributed by atoms with Gasteiger partial charge in [-0.25, -0.2) is 4.68 Å². The maximum atomic E-state index is 11.4. The first-order valence-corrected chi connectivity index (χ1v) is 6.88. The Labute approximate surface area is 119 Å². The highest BCUT2D eigenvalue weighted by atomic mass is 79.9. The second kappa shape index (κ2) is 4.20. The third kappa shape index (κ3) is 1.98. The molecule has 0 radical (unpaired) electrons. The predicted octanol–water partition coefficient (Wildman–Crippen LogP) is 3.06. The molecule has 0 atom stereocenters. The van der Waals surface area contributed by atoms with Crippen molar-refractivity contribution < 1.29 is 9.90 Å². The average Bonchev–Trinajstić information content (AvgIpc) is 3.08. The van der Waals surface area contributed by atoms with E-state index in [1.807, 2.05) is 37.4 Å². The molecule has 0 amide bonds. The maximum absolute atomic E-state index is 11.4. The zero-order valence-corrected chi connectivity index (χ0v) is 12.0. The summed E-state index contributed by atoms with van der Waals surface area (Å²) in [4.78, 5) is 11.4. The molecule has 0 unspecified atom stereocenters. The molecule has 2 aromatic rings. The summed E-state index contributed by atoms with van der Waals surface area (Å²) in [6, 6.07) is 7.95. The summed E-state index contributed by atoms with van der Waals surface area (Å²) in [6.45, 7) is 2.02. The Morgan fingerprint density at radius 3 is 2.79 bits per heavy atom. The normalized spacial score (nSPS) is 16.3. The molecular formula is C14H13BrN2O2. The SMILES string of the molecule is Cc1cccc(-n2cc(Br)c(C3(C(=O)O)CC3)n2)c1. The smallest absolute Gasteiger partial charge is 0.315 e. The third-order valence-electron chi connectivity index (χ3n) is 3.55. The minimum atomic E-state index is -0.789. The van der Waals surface area contributed by atoms with Crippen LogP contribution in [0.1, 0.15) is 24.1 Å². The molecule has 4 nitrogen and oxygen atoms in total. The Hall–Kier alpha value is -1.62. The molecule has 1 saturated carbocycles. The molecule has 1 aromatic carbocycles. The van der Waals surface area contributed by atoms with Crippen molar-refractivity contribution in [3.63, 3.8) is 0 Å². The summed E-state index contributed by atoms with van der Waals surface area (Å²) in [7, 11) is 0. The van der Waals surface area contributed by atoms with E-state index in [2.05, 4.69) is 21.0 Å². The topological polar surface area (TPSA) is 55.1 Å². The number of nitrogens with zero attached hydrogens (tertiary/aromatic N) is 2. The zero-order valence-electron chi connectivity index (χ0n) is 10.4. The Kier molecular flexibility index (Phi) is 2.74. The van der Waals surface area contributed by atoms with Crippen LogP contribution >= 0.6 is 15.9 Å². The summed E-state index contributed by atoms with van der Waals surface area (Å²) >= 11 is 3.43. The van der Waals surface area contributed by atoms with Crippen LogP contribution < -0.4 is 0 Å². The Bertz CT molecular complexity index is 659. The van der Waals surface area contributed by atoms with Crippen LogP contribution in [0.2, 0.25) is 0 Å². The van der Waals surface area contributed by atoms with Crippen LogP contribution in [0.5, 0.6) is 0 Å². The highest BCUT2D eigenvalue weighted by Gasteiger charge is 2.54. The number of carboxylic acid groups (broad SMARTS) is 1. The molecule has 98 valence electrons. The summed E-state index contributed by atoms with van der Waals surface area (Å²) in [5.41, 5.74) is 1.92. The number of aliphatic carboxylic acids is 1. The number of hydrogen-bond donors (Lipinski definition) is 1. The van der Waals surface area contributed by atoms with Gasteiger partial charge in [0.05, 0.1) is 15.9 Å². The van der Waals surface area contributed by atoms with E-state index in [9.17, 15) is 9.90 Å². The van der Waals surface area contributed by atoms with Gasteiger partial charge in [-0.3, -0.25) is 4.79 Å². The Morgan fingerprint density at radius 1 is 1.47 bits per heavy atom. The summed E-state index contributed by atoms with van der Waals surface area (Å²) in [5.74, 6) is -0.789. The fraction of sp³-hybridized carbons (Fsp3) is 0.286. The van der Waals surface area contributed by atoms with E-state index in [4.69, 9.17) is 0 Å². The Morgan fingerprint density at radius 2 is 2.21 bits per heavy atom. The number of benzene rings is 1. The lowest BCUT2D eigenvalue weighted by atomic mass is 10.0. The van der Waals surface area contributed by atoms with Crippen molar-refractivity contribution in [1.82, 2.24) is 9.78 Å². The van der Waals surface area contributed by atoms with Crippen LogP contribution in [0.3, 0.4) is 0 Å². The molecule has 1 fully saturated rings. The molecular weight excluding hydrogens is 308 g/mol. The lowest BCUT2D eigenvalue weighted by Crippen LogP contribution is -2.20. The number of hydrogen-bond acceptors (Lipinski definition) is 2. The molecule has 0 saturated heterocycles. The molecule has 1 aliphatic carbocycles. The van der Waals surface area contributed by atoms with Crippen LogP contribution in [-0.2, 0) is 10.2 Å². The van der Waals surface area contributed by atoms with Gasteiger partial charge in [-0.05, 0) is 53.4 Å². The fourth-order valence-electron chi connectivity index (χ4n) is 2.26. The van der Waals surface area contributed by atoms with Gasteiger partial charge in [0.2, 0.25) is 0 Å². The molecule has 3 rings (SSSR count). The summed E-state index contributed by atoms with van der Waals surface area (Å²) in [6.07, 6.45) is 3.14. The quantitative estimate of drug-likeness (QED) is 0.945. The van der Waals surface area contributed by atoms with E-state index in [1.54, 1.807) is 4.68 Å². The van der Waals surface area contributed by atoms with Gasteiger partial charge in [0.15, 0.2) is 0 Å². The summed E-state index contributed by atoms with van der Waals surface area (Å²) < 4.78 is 2.49. The number of aryl methyl sites for hydroxylation is 1. The number of halogens is 1. The third-order valence-corrected chi connectivity index (χ3v) is 4.13. The van der Waals surface area contributed by atoms with Crippen molar-refractivity contribution in [3.05, 3.63) is 46.2 Å². The number of aromatic nitrogens is 2. The minimum Gasteiger partial charge on any atom is -0.481 e. The van der Waals surface area contributed by atoms with Crippen LogP contribution in [0.4, 0.5) is 0 Å². The second-order valence-corrected chi connectivity index (χ2v) is 5.85. The second-order valence-electron chi connectivity index (χ2n) is 5.00. The number of rotatable bonds is 3. The molecule has 0 aliphatic heterocycles. The predicted molar refractivity (Wildman–Crippen MR) is 74.5 cm³/mol. The molecule has 5 heteroatoms. The number of carbonyl (C=O) groups is 1. The highest BCUT2D eigenvalue weighted by Crippen LogP contribution is 2.50. The molecule has 1 heterocycles. The average molecular weight is 321 g/mol. The molecule has 0 spiro atoms. The van der Waals surface area contributed by atoms with E-state index in [-0.39, 0.29) is 0 Å². The Balaban J connectivity index is 2.05. The highest BCUT2D eigenvalue weighted by molar-refractivity contribution is 9.10. The van der Waals surface area contributed by atoms with Crippen molar-refractivity contribution in [2.24, 2.45) is 0 Å². The van der Waals surface area contributed by atoms with Gasteiger partial charge in [0.25, 0.3) is 0 Å². The van der Waals surface area contributed by atoms with Gasteiger partial charge in [-0.1, -0.05) is 12.1 Å². The van der Waals surface area contributed by atoms with Crippen molar-refractivity contribution >= 4 is 21.9 Å². The molecule has 1 aliphatic rings. The summed E-state index contributed by atoms with van der Waals surface area (Å²) in [5, 5.41) is 13.8. The number of carboxylic acids is 1. The standard InChI is InChI=1S/C14H13BrN2O2/c1-9-3-2-4-10(7-9)17-8-11(15)12(16-17)14(5-6-14)13(18)19/h2-4,7-8H,5-6H2,1H3,(H,18,19). The van der Waals surface area contributed by atoms with Gasteiger partial charge in [-0.15, -0.1) is 0 Å². The first-order valence-electron chi connectivity index (χ1n) is 6.09. The van der Waals surface area contributed by atoms with E-state index in [0.29, 0.717) is 18.5 Å². The van der Waals surface area contributed by atoms with Crippen LogP contribution in [0.25, 0.3) is 5.69 Å². The fourth-order valence-corrected chi connectivity index (χ4v) is 2.91. The van der Waals surface area contributed by atoms with Gasteiger partial charge in [0, 0.05) is 6.20 Å². The molecule has 19 heavy (non-hydrogen) atoms. The maximum Gasteiger partial charge on any atom is 0.315 e. The van der Waals surface area contributed by atoms with Crippen molar-refractivity contribution in [1.29, 1.82) is 0 Å². The van der Waals surface area contributed by atoms with Crippen LogP contribution in [0.15, 0.2) is 34.9 Å². The van der Waals surface area contributed by atoms with Crippen molar-refractivity contribution in [2.45, 2.75) is 25.2 Å². The van der Waals surface area contributed by atoms with Gasteiger partial charge < -0.3 is 5.11 Å². The van der Waals surface area contributed by atoms with E-state index >= 15 is 0 Å². The van der Waals surface area contributed by atoms with Crippen LogP contribution in [-0.4, -0.2) is 20.9 Å². The first kappa shape index (κ1) is 12.4. The van der Waals surface area contributed by atoms with E-state index < -0.39 is 11.4 Å². The van der Waals surface area contributed by atoms with Gasteiger partial charge >= 0.3 is 5.97 Å². The first-order chi connectivity index (χ1) is 9.03. The lowest BCUT2D eigenvalue weighted by molar-refractivity contribution is -0.140. The molecule has 0 bridgehead atoms. The molecule has 1 aromatic heterocycles. The lowest BCUT2D eigenvalue weighted by Gasteiger charge is -2.06. The largest absolute Gasteiger partial charge is 0.481 e. The van der Waals surface area contributed by atoms with E-state index in [1.165, 1.54) is 0 Å². The van der Waals surface area contributed by atoms with Gasteiger partial charge in [0.1, 0.15) is 5.41 Å².